The second-order valence-electron chi connectivity index (χ2n) is 6.79. The Labute approximate surface area is 177 Å². The Morgan fingerprint density at radius 3 is 2.45 bits per heavy atom. The summed E-state index contributed by atoms with van der Waals surface area (Å²) in [6.07, 6.45) is 2.73. The molecule has 0 aliphatic rings. The van der Waals surface area contributed by atoms with E-state index in [4.69, 9.17) is 0 Å². The Kier molecular flexibility index (Phi) is 5.15. The van der Waals surface area contributed by atoms with Gasteiger partial charge in [0.1, 0.15) is 5.82 Å². The molecule has 0 amide bonds. The van der Waals surface area contributed by atoms with Crippen molar-refractivity contribution in [1.82, 2.24) is 13.9 Å². The van der Waals surface area contributed by atoms with E-state index in [-0.39, 0.29) is 27.1 Å². The smallest absolute Gasteiger partial charge is 0.307 e. The summed E-state index contributed by atoms with van der Waals surface area (Å²) in [4.78, 5) is 19.4. The van der Waals surface area contributed by atoms with Gasteiger partial charge in [-0.2, -0.15) is 0 Å². The minimum atomic E-state index is -4.07. The van der Waals surface area contributed by atoms with Gasteiger partial charge in [0.2, 0.25) is 5.95 Å². The lowest BCUT2D eigenvalue weighted by atomic mass is 10.1. The lowest BCUT2D eigenvalue weighted by Crippen LogP contribution is -2.15. The number of carbonyl (C=O) groups is 1. The molecule has 4 aromatic rings. The highest BCUT2D eigenvalue weighted by atomic mass is 32.2. The maximum atomic E-state index is 13.8. The van der Waals surface area contributed by atoms with Crippen LogP contribution < -0.4 is 5.32 Å². The number of aliphatic carboxylic acids is 1. The number of hydrogen-bond donors (Lipinski definition) is 2. The molecule has 10 heteroatoms. The normalized spacial score (nSPS) is 11.5. The maximum Gasteiger partial charge on any atom is 0.307 e. The first-order valence-electron chi connectivity index (χ1n) is 9.18. The number of nitrogens with one attached hydrogen (secondary N) is 1. The molecule has 0 bridgehead atoms. The van der Waals surface area contributed by atoms with Crippen molar-refractivity contribution in [1.29, 1.82) is 0 Å². The van der Waals surface area contributed by atoms with Crippen LogP contribution in [0.2, 0.25) is 0 Å². The van der Waals surface area contributed by atoms with Crippen molar-refractivity contribution in [2.24, 2.45) is 0 Å². The number of aromatic nitrogens is 3. The number of nitrogens with zero attached hydrogens (tertiary/aromatic N) is 3. The van der Waals surface area contributed by atoms with E-state index in [9.17, 15) is 22.7 Å². The minimum absolute atomic E-state index is 0.00164. The number of rotatable bonds is 6. The van der Waals surface area contributed by atoms with Gasteiger partial charge in [-0.15, -0.1) is 0 Å². The first-order valence-corrected chi connectivity index (χ1v) is 10.6. The van der Waals surface area contributed by atoms with Gasteiger partial charge in [0, 0.05) is 29.2 Å². The van der Waals surface area contributed by atoms with Crippen LogP contribution in [-0.2, 0) is 21.2 Å². The zero-order valence-corrected chi connectivity index (χ0v) is 17.1. The molecule has 158 valence electrons. The molecule has 8 nitrogen and oxygen atoms in total. The standard InChI is InChI=1S/C21H17FN4O4S/c1-13-17(12-20(27)28)18-11-14(22)3-8-19(18)26(13)31(29,30)16-6-4-15(5-7-16)25-21-23-9-2-10-24-21/h2-11H,12H2,1H3,(H,27,28)(H,23,24,25). The highest BCUT2D eigenvalue weighted by Crippen LogP contribution is 2.31. The summed E-state index contributed by atoms with van der Waals surface area (Å²) in [7, 11) is -4.07. The molecular weight excluding hydrogens is 423 g/mol. The van der Waals surface area contributed by atoms with Crippen LogP contribution >= 0.6 is 0 Å². The zero-order chi connectivity index (χ0) is 22.2. The van der Waals surface area contributed by atoms with E-state index in [0.717, 1.165) is 16.1 Å². The fourth-order valence-corrected chi connectivity index (χ4v) is 5.00. The second-order valence-corrected chi connectivity index (χ2v) is 8.57. The van der Waals surface area contributed by atoms with Gasteiger partial charge in [-0.25, -0.2) is 26.7 Å². The summed E-state index contributed by atoms with van der Waals surface area (Å²) < 4.78 is 41.7. The van der Waals surface area contributed by atoms with Crippen molar-refractivity contribution in [3.05, 3.63) is 78.0 Å². The van der Waals surface area contributed by atoms with Crippen molar-refractivity contribution in [3.63, 3.8) is 0 Å². The van der Waals surface area contributed by atoms with E-state index >= 15 is 0 Å². The van der Waals surface area contributed by atoms with Crippen LogP contribution in [0.3, 0.4) is 0 Å². The summed E-state index contributed by atoms with van der Waals surface area (Å²) in [5.74, 6) is -1.35. The Balaban J connectivity index is 1.78. The van der Waals surface area contributed by atoms with E-state index in [1.54, 1.807) is 30.6 Å². The van der Waals surface area contributed by atoms with Crippen LogP contribution in [0, 0.1) is 12.7 Å². The van der Waals surface area contributed by atoms with Gasteiger partial charge in [-0.05, 0) is 61.0 Å². The molecule has 2 aromatic carbocycles. The molecule has 0 radical (unpaired) electrons. The van der Waals surface area contributed by atoms with E-state index in [1.807, 2.05) is 0 Å². The summed E-state index contributed by atoms with van der Waals surface area (Å²) in [5.41, 5.74) is 1.29. The molecule has 0 unspecified atom stereocenters. The molecule has 2 heterocycles. The molecular formula is C21H17FN4O4S. The predicted molar refractivity (Wildman–Crippen MR) is 112 cm³/mol. The van der Waals surface area contributed by atoms with Crippen LogP contribution in [0.15, 0.2) is 65.8 Å². The fourth-order valence-electron chi connectivity index (χ4n) is 3.42. The summed E-state index contributed by atoms with van der Waals surface area (Å²) in [6.45, 7) is 1.51. The Morgan fingerprint density at radius 1 is 1.13 bits per heavy atom. The quantitative estimate of drug-likeness (QED) is 0.472. The molecule has 2 aromatic heterocycles. The van der Waals surface area contributed by atoms with Crippen LogP contribution in [-0.4, -0.2) is 33.4 Å². The predicted octanol–water partition coefficient (Wildman–Crippen LogP) is 3.49. The molecule has 0 aliphatic heterocycles. The monoisotopic (exact) mass is 440 g/mol. The van der Waals surface area contributed by atoms with Gasteiger partial charge in [0.25, 0.3) is 10.0 Å². The third-order valence-corrected chi connectivity index (χ3v) is 6.61. The number of carboxylic acid groups (broad SMARTS) is 1. The van der Waals surface area contributed by atoms with Crippen molar-refractivity contribution >= 4 is 38.5 Å². The van der Waals surface area contributed by atoms with Gasteiger partial charge in [-0.1, -0.05) is 0 Å². The highest BCUT2D eigenvalue weighted by molar-refractivity contribution is 7.90. The average Bonchev–Trinajstić information content (AvgIpc) is 3.00. The average molecular weight is 440 g/mol. The summed E-state index contributed by atoms with van der Waals surface area (Å²) in [6, 6.07) is 11.3. The maximum absolute atomic E-state index is 13.8. The number of fused-ring (bicyclic) bond motifs is 1. The third-order valence-electron chi connectivity index (χ3n) is 4.79. The first kappa shape index (κ1) is 20.5. The van der Waals surface area contributed by atoms with E-state index < -0.39 is 28.2 Å². The van der Waals surface area contributed by atoms with Crippen molar-refractivity contribution in [2.75, 3.05) is 5.32 Å². The SMILES string of the molecule is Cc1c(CC(=O)O)c2cc(F)ccc2n1S(=O)(=O)c1ccc(Nc2ncccn2)cc1. The van der Waals surface area contributed by atoms with E-state index in [0.29, 0.717) is 11.6 Å². The largest absolute Gasteiger partial charge is 0.481 e. The number of hydrogen-bond acceptors (Lipinski definition) is 6. The zero-order valence-electron chi connectivity index (χ0n) is 16.3. The highest BCUT2D eigenvalue weighted by Gasteiger charge is 2.26. The molecule has 31 heavy (non-hydrogen) atoms. The molecule has 2 N–H and O–H groups in total. The Bertz CT molecular complexity index is 1380. The number of halogens is 1. The summed E-state index contributed by atoms with van der Waals surface area (Å²) >= 11 is 0. The fraction of sp³-hybridized carbons (Fsp3) is 0.0952. The molecule has 0 saturated heterocycles. The first-order chi connectivity index (χ1) is 14.8. The van der Waals surface area contributed by atoms with E-state index in [2.05, 4.69) is 15.3 Å². The number of anilines is 2. The second kappa shape index (κ2) is 7.80. The van der Waals surface area contributed by atoms with Gasteiger partial charge >= 0.3 is 5.97 Å². The molecule has 4 rings (SSSR count). The van der Waals surface area contributed by atoms with Crippen LogP contribution in [0.5, 0.6) is 0 Å². The van der Waals surface area contributed by atoms with Crippen molar-refractivity contribution < 1.29 is 22.7 Å². The van der Waals surface area contributed by atoms with Crippen molar-refractivity contribution in [2.45, 2.75) is 18.2 Å². The minimum Gasteiger partial charge on any atom is -0.481 e. The molecule has 0 saturated carbocycles. The number of carboxylic acids is 1. The molecule has 0 atom stereocenters. The van der Waals surface area contributed by atoms with Gasteiger partial charge in [0.05, 0.1) is 16.8 Å². The van der Waals surface area contributed by atoms with Gasteiger partial charge < -0.3 is 10.4 Å². The van der Waals surface area contributed by atoms with Gasteiger partial charge in [0.15, 0.2) is 0 Å². The lowest BCUT2D eigenvalue weighted by Gasteiger charge is -2.11. The molecule has 0 spiro atoms. The number of benzene rings is 2. The lowest BCUT2D eigenvalue weighted by molar-refractivity contribution is -0.136. The summed E-state index contributed by atoms with van der Waals surface area (Å²) in [5, 5.41) is 12.4. The molecule has 0 aliphatic carbocycles. The van der Waals surface area contributed by atoms with Gasteiger partial charge in [-0.3, -0.25) is 4.79 Å². The van der Waals surface area contributed by atoms with Crippen molar-refractivity contribution in [3.8, 4) is 0 Å². The third kappa shape index (κ3) is 3.84. The van der Waals surface area contributed by atoms with Crippen LogP contribution in [0.25, 0.3) is 10.9 Å². The Hall–Kier alpha value is -3.79. The van der Waals surface area contributed by atoms with Crippen LogP contribution in [0.4, 0.5) is 16.0 Å². The Morgan fingerprint density at radius 2 is 1.81 bits per heavy atom. The topological polar surface area (TPSA) is 114 Å². The van der Waals surface area contributed by atoms with Crippen LogP contribution in [0.1, 0.15) is 11.3 Å². The molecule has 0 fully saturated rings. The van der Waals surface area contributed by atoms with E-state index in [1.165, 1.54) is 25.1 Å².